The fourth-order valence-corrected chi connectivity index (χ4v) is 3.78. The first-order valence-electron chi connectivity index (χ1n) is 8.49. The zero-order chi connectivity index (χ0) is 18.8. The van der Waals surface area contributed by atoms with E-state index in [4.69, 9.17) is 0 Å². The van der Waals surface area contributed by atoms with Crippen LogP contribution in [-0.4, -0.2) is 16.7 Å². The summed E-state index contributed by atoms with van der Waals surface area (Å²) in [5.74, 6) is -0.318. The highest BCUT2D eigenvalue weighted by atomic mass is 32.1. The fourth-order valence-electron chi connectivity index (χ4n) is 2.90. The Morgan fingerprint density at radius 1 is 0.889 bits per heavy atom. The van der Waals surface area contributed by atoms with Crippen molar-refractivity contribution in [2.45, 2.75) is 6.92 Å². The van der Waals surface area contributed by atoms with Crippen LogP contribution in [0.4, 0.5) is 5.13 Å². The molecule has 0 aliphatic carbocycles. The number of hydrogen-bond acceptors (Lipinski definition) is 4. The molecule has 0 atom stereocenters. The molecule has 0 radical (unpaired) electrons. The van der Waals surface area contributed by atoms with E-state index < -0.39 is 0 Å². The Balaban J connectivity index is 1.65. The highest BCUT2D eigenvalue weighted by Crippen LogP contribution is 2.31. The third-order valence-electron chi connectivity index (χ3n) is 4.23. The zero-order valence-electron chi connectivity index (χ0n) is 14.6. The Bertz CT molecular complexity index is 1150. The van der Waals surface area contributed by atoms with Crippen molar-refractivity contribution in [1.82, 2.24) is 4.98 Å². The average molecular weight is 372 g/mol. The number of carbonyl (C=O) groups excluding carboxylic acids is 2. The van der Waals surface area contributed by atoms with Gasteiger partial charge in [0.05, 0.1) is 10.6 Å². The summed E-state index contributed by atoms with van der Waals surface area (Å²) in [6.07, 6.45) is 0. The first kappa shape index (κ1) is 17.1. The quantitative estimate of drug-likeness (QED) is 0.487. The van der Waals surface area contributed by atoms with Crippen LogP contribution in [0.1, 0.15) is 27.0 Å². The molecule has 0 aliphatic rings. The molecule has 0 fully saturated rings. The number of benzene rings is 3. The smallest absolute Gasteiger partial charge is 0.257 e. The molecule has 1 aromatic heterocycles. The normalized spacial score (nSPS) is 10.7. The van der Waals surface area contributed by atoms with Crippen LogP contribution in [0.25, 0.3) is 22.0 Å². The van der Waals surface area contributed by atoms with E-state index in [0.717, 1.165) is 16.3 Å². The van der Waals surface area contributed by atoms with Crippen molar-refractivity contribution in [3.63, 3.8) is 0 Å². The molecule has 132 valence electrons. The standard InChI is InChI=1S/C22H16N2O2S/c1-14(25)20-19(16-8-3-2-4-9-16)23-22(27-20)24-21(26)18-12-11-15-7-5-6-10-17(15)13-18/h2-13H,1H3,(H,23,24,26). The van der Waals surface area contributed by atoms with Crippen molar-refractivity contribution in [1.29, 1.82) is 0 Å². The lowest BCUT2D eigenvalue weighted by Gasteiger charge is -2.03. The van der Waals surface area contributed by atoms with Crippen LogP contribution in [-0.2, 0) is 0 Å². The van der Waals surface area contributed by atoms with Crippen molar-refractivity contribution in [2.75, 3.05) is 5.32 Å². The topological polar surface area (TPSA) is 59.1 Å². The van der Waals surface area contributed by atoms with Gasteiger partial charge in [-0.1, -0.05) is 72.0 Å². The number of aromatic nitrogens is 1. The van der Waals surface area contributed by atoms with Crippen LogP contribution in [0, 0.1) is 0 Å². The summed E-state index contributed by atoms with van der Waals surface area (Å²) >= 11 is 1.20. The maximum atomic E-state index is 12.7. The molecule has 0 spiro atoms. The Morgan fingerprint density at radius 2 is 1.59 bits per heavy atom. The molecule has 4 nitrogen and oxygen atoms in total. The largest absolute Gasteiger partial charge is 0.298 e. The first-order chi connectivity index (χ1) is 13.1. The Hall–Kier alpha value is -3.31. The van der Waals surface area contributed by atoms with E-state index in [9.17, 15) is 9.59 Å². The molecular formula is C22H16N2O2S. The van der Waals surface area contributed by atoms with Crippen molar-refractivity contribution in [3.05, 3.63) is 83.2 Å². The fraction of sp³-hybridized carbons (Fsp3) is 0.0455. The molecule has 4 aromatic rings. The van der Waals surface area contributed by atoms with Gasteiger partial charge < -0.3 is 0 Å². The molecule has 4 rings (SSSR count). The van der Waals surface area contributed by atoms with Gasteiger partial charge in [-0.05, 0) is 22.9 Å². The van der Waals surface area contributed by atoms with Gasteiger partial charge in [0.25, 0.3) is 5.91 Å². The lowest BCUT2D eigenvalue weighted by molar-refractivity contribution is 0.101. The van der Waals surface area contributed by atoms with Gasteiger partial charge in [-0.25, -0.2) is 4.98 Å². The van der Waals surface area contributed by atoms with E-state index in [2.05, 4.69) is 10.3 Å². The number of carbonyl (C=O) groups is 2. The molecule has 3 aromatic carbocycles. The van der Waals surface area contributed by atoms with Crippen LogP contribution >= 0.6 is 11.3 Å². The number of thiazole rings is 1. The maximum absolute atomic E-state index is 12.7. The van der Waals surface area contributed by atoms with E-state index in [1.165, 1.54) is 18.3 Å². The van der Waals surface area contributed by atoms with Gasteiger partial charge >= 0.3 is 0 Å². The Labute approximate surface area is 160 Å². The van der Waals surface area contributed by atoms with E-state index in [-0.39, 0.29) is 11.7 Å². The van der Waals surface area contributed by atoms with Gasteiger partial charge in [0.1, 0.15) is 0 Å². The highest BCUT2D eigenvalue weighted by Gasteiger charge is 2.18. The molecule has 0 unspecified atom stereocenters. The number of amides is 1. The first-order valence-corrected chi connectivity index (χ1v) is 9.31. The summed E-state index contributed by atoms with van der Waals surface area (Å²) in [5.41, 5.74) is 2.00. The van der Waals surface area contributed by atoms with Gasteiger partial charge in [-0.2, -0.15) is 0 Å². The Morgan fingerprint density at radius 3 is 2.33 bits per heavy atom. The SMILES string of the molecule is CC(=O)c1sc(NC(=O)c2ccc3ccccc3c2)nc1-c1ccccc1. The van der Waals surface area contributed by atoms with Gasteiger partial charge in [0.2, 0.25) is 0 Å². The van der Waals surface area contributed by atoms with Gasteiger partial charge in [-0.3, -0.25) is 14.9 Å². The minimum Gasteiger partial charge on any atom is -0.298 e. The van der Waals surface area contributed by atoms with Gasteiger partial charge in [-0.15, -0.1) is 0 Å². The van der Waals surface area contributed by atoms with E-state index in [1.54, 1.807) is 6.07 Å². The Kier molecular flexibility index (Phi) is 4.52. The zero-order valence-corrected chi connectivity index (χ0v) is 15.4. The summed E-state index contributed by atoms with van der Waals surface area (Å²) in [6.45, 7) is 1.51. The summed E-state index contributed by atoms with van der Waals surface area (Å²) in [7, 11) is 0. The number of Topliss-reactive ketones (excluding diaryl/α,β-unsaturated/α-hetero) is 1. The molecule has 27 heavy (non-hydrogen) atoms. The third-order valence-corrected chi connectivity index (χ3v) is 5.30. The molecular weight excluding hydrogens is 356 g/mol. The van der Waals surface area contributed by atoms with E-state index >= 15 is 0 Å². The second-order valence-corrected chi connectivity index (χ2v) is 7.13. The lowest BCUT2D eigenvalue weighted by Crippen LogP contribution is -2.11. The van der Waals surface area contributed by atoms with Gasteiger partial charge in [0.15, 0.2) is 10.9 Å². The minimum absolute atomic E-state index is 0.0717. The molecule has 0 bridgehead atoms. The third kappa shape index (κ3) is 3.50. The molecule has 1 N–H and O–H groups in total. The van der Waals surface area contributed by atoms with Crippen molar-refractivity contribution >= 4 is 38.9 Å². The number of hydrogen-bond donors (Lipinski definition) is 1. The minimum atomic E-state index is -0.246. The summed E-state index contributed by atoms with van der Waals surface area (Å²) < 4.78 is 0. The van der Waals surface area contributed by atoms with E-state index in [1.807, 2.05) is 66.7 Å². The molecule has 1 amide bonds. The molecule has 0 saturated carbocycles. The molecule has 0 saturated heterocycles. The highest BCUT2D eigenvalue weighted by molar-refractivity contribution is 7.18. The predicted octanol–water partition coefficient (Wildman–Crippen LogP) is 5.42. The number of nitrogens with zero attached hydrogens (tertiary/aromatic N) is 1. The second kappa shape index (κ2) is 7.13. The lowest BCUT2D eigenvalue weighted by atomic mass is 10.1. The van der Waals surface area contributed by atoms with Gasteiger partial charge in [0, 0.05) is 18.1 Å². The van der Waals surface area contributed by atoms with Crippen LogP contribution in [0.2, 0.25) is 0 Å². The number of ketones is 1. The molecule has 1 heterocycles. The summed E-state index contributed by atoms with van der Waals surface area (Å²) in [5, 5.41) is 5.31. The molecule has 5 heteroatoms. The summed E-state index contributed by atoms with van der Waals surface area (Å²) in [4.78, 5) is 29.7. The van der Waals surface area contributed by atoms with Crippen molar-refractivity contribution < 1.29 is 9.59 Å². The van der Waals surface area contributed by atoms with Crippen LogP contribution in [0.5, 0.6) is 0 Å². The van der Waals surface area contributed by atoms with Crippen LogP contribution in [0.3, 0.4) is 0 Å². The monoisotopic (exact) mass is 372 g/mol. The number of anilines is 1. The maximum Gasteiger partial charge on any atom is 0.257 e. The van der Waals surface area contributed by atoms with Crippen molar-refractivity contribution in [3.8, 4) is 11.3 Å². The predicted molar refractivity (Wildman–Crippen MR) is 109 cm³/mol. The van der Waals surface area contributed by atoms with E-state index in [0.29, 0.717) is 21.3 Å². The number of fused-ring (bicyclic) bond motifs is 1. The van der Waals surface area contributed by atoms with Crippen LogP contribution < -0.4 is 5.32 Å². The van der Waals surface area contributed by atoms with Crippen LogP contribution in [0.15, 0.2) is 72.8 Å². The summed E-state index contributed by atoms with van der Waals surface area (Å²) in [6, 6.07) is 22.9. The second-order valence-electron chi connectivity index (χ2n) is 6.14. The number of nitrogens with one attached hydrogen (secondary N) is 1. The average Bonchev–Trinajstić information content (AvgIpc) is 3.12. The number of rotatable bonds is 4. The molecule has 0 aliphatic heterocycles. The van der Waals surface area contributed by atoms with Crippen molar-refractivity contribution in [2.24, 2.45) is 0 Å².